The van der Waals surface area contributed by atoms with E-state index in [-0.39, 0.29) is 17.7 Å². The summed E-state index contributed by atoms with van der Waals surface area (Å²) in [5.74, 6) is -5.83. The highest BCUT2D eigenvalue weighted by Gasteiger charge is 2.68. The maximum atomic E-state index is 14.1. The Morgan fingerprint density at radius 1 is 0.881 bits per heavy atom. The summed E-state index contributed by atoms with van der Waals surface area (Å²) in [5, 5.41) is 3.19. The van der Waals surface area contributed by atoms with Crippen LogP contribution < -0.4 is 5.32 Å². The van der Waals surface area contributed by atoms with Crippen molar-refractivity contribution in [1.82, 2.24) is 10.2 Å². The summed E-state index contributed by atoms with van der Waals surface area (Å²) in [6.07, 6.45) is -9.69. The van der Waals surface area contributed by atoms with Crippen molar-refractivity contribution in [2.75, 3.05) is 7.11 Å². The third-order valence-corrected chi connectivity index (χ3v) is 7.90. The zero-order valence-corrected chi connectivity index (χ0v) is 22.3. The van der Waals surface area contributed by atoms with Gasteiger partial charge in [0.1, 0.15) is 6.04 Å². The van der Waals surface area contributed by atoms with E-state index in [1.54, 1.807) is 12.1 Å². The Balaban J connectivity index is 1.76. The van der Waals surface area contributed by atoms with Gasteiger partial charge in [0.25, 0.3) is 0 Å². The summed E-state index contributed by atoms with van der Waals surface area (Å²) in [4.78, 5) is 41.7. The van der Waals surface area contributed by atoms with Crippen molar-refractivity contribution in [2.45, 2.75) is 30.5 Å². The second-order valence-electron chi connectivity index (χ2n) is 10.0. The van der Waals surface area contributed by atoms with E-state index in [0.29, 0.717) is 22.7 Å². The molecule has 3 aromatic carbocycles. The molecule has 5 rings (SSSR count). The fraction of sp³-hybridized carbons (Fsp3) is 0.276. The van der Waals surface area contributed by atoms with Crippen molar-refractivity contribution in [3.05, 3.63) is 106 Å². The first-order chi connectivity index (χ1) is 19.7. The number of imide groups is 1. The SMILES string of the molecule is COC(=O)[C@@H]1NC(c2cccc(C(F)(F)F)c2)(c2cccc(C(F)(F)F)c2)[C@H]2C(=O)N(Cc3ccc(Cl)cc3)C(=O)[C@@H]12. The Morgan fingerprint density at radius 2 is 1.40 bits per heavy atom. The first-order valence-corrected chi connectivity index (χ1v) is 12.9. The molecular weight excluding hydrogens is 590 g/mol. The van der Waals surface area contributed by atoms with Crippen LogP contribution in [0.15, 0.2) is 72.8 Å². The number of carbonyl (C=O) groups is 3. The molecule has 13 heteroatoms. The second-order valence-corrected chi connectivity index (χ2v) is 10.4. The third kappa shape index (κ3) is 4.92. The van der Waals surface area contributed by atoms with Crippen molar-refractivity contribution < 1.29 is 45.5 Å². The molecule has 1 N–H and O–H groups in total. The minimum absolute atomic E-state index is 0.257. The number of alkyl halides is 6. The molecule has 2 saturated heterocycles. The van der Waals surface area contributed by atoms with Crippen LogP contribution >= 0.6 is 11.6 Å². The summed E-state index contributed by atoms with van der Waals surface area (Å²) in [6.45, 7) is -0.267. The predicted octanol–water partition coefficient (Wildman–Crippen LogP) is 5.57. The molecule has 6 nitrogen and oxygen atoms in total. The van der Waals surface area contributed by atoms with Crippen LogP contribution in [0.2, 0.25) is 5.02 Å². The standard InChI is InChI=1S/C29H21ClF6N2O4/c1-42-26(41)23-21-22(25(40)38(24(21)39)14-15-8-10-20(30)11-9-15)27(37-23,16-4-2-6-18(12-16)28(31,32)33)17-5-3-7-19(13-17)29(34,35)36/h2-13,21-23,37H,14H2,1H3/t21-,22-,23-/m1/s1. The topological polar surface area (TPSA) is 75.7 Å². The van der Waals surface area contributed by atoms with Gasteiger partial charge in [0.2, 0.25) is 11.8 Å². The molecule has 0 aromatic heterocycles. The van der Waals surface area contributed by atoms with Gasteiger partial charge in [-0.15, -0.1) is 0 Å². The van der Waals surface area contributed by atoms with Crippen LogP contribution in [0.5, 0.6) is 0 Å². The molecular formula is C29H21ClF6N2O4. The molecule has 0 spiro atoms. The number of nitrogens with zero attached hydrogens (tertiary/aromatic N) is 1. The second kappa shape index (κ2) is 10.4. The minimum atomic E-state index is -4.85. The lowest BCUT2D eigenvalue weighted by Gasteiger charge is -2.37. The number of nitrogens with one attached hydrogen (secondary N) is 1. The Kier molecular flexibility index (Phi) is 7.34. The third-order valence-electron chi connectivity index (χ3n) is 7.65. The number of fused-ring (bicyclic) bond motifs is 1. The van der Waals surface area contributed by atoms with E-state index in [9.17, 15) is 40.7 Å². The van der Waals surface area contributed by atoms with Crippen LogP contribution in [-0.2, 0) is 43.6 Å². The Bertz CT molecular complexity index is 1500. The van der Waals surface area contributed by atoms with E-state index in [1.807, 2.05) is 0 Å². The molecule has 3 aromatic rings. The Morgan fingerprint density at radius 3 is 1.88 bits per heavy atom. The summed E-state index contributed by atoms with van der Waals surface area (Å²) < 4.78 is 87.8. The number of ether oxygens (including phenoxy) is 1. The number of benzene rings is 3. The minimum Gasteiger partial charge on any atom is -0.468 e. The molecule has 2 aliphatic rings. The zero-order valence-electron chi connectivity index (χ0n) is 21.6. The number of halogens is 7. The molecule has 0 saturated carbocycles. The van der Waals surface area contributed by atoms with Gasteiger partial charge < -0.3 is 4.74 Å². The molecule has 0 radical (unpaired) electrons. The lowest BCUT2D eigenvalue weighted by Crippen LogP contribution is -2.51. The monoisotopic (exact) mass is 610 g/mol. The van der Waals surface area contributed by atoms with Crippen molar-refractivity contribution in [3.63, 3.8) is 0 Å². The van der Waals surface area contributed by atoms with Crippen molar-refractivity contribution in [2.24, 2.45) is 11.8 Å². The van der Waals surface area contributed by atoms with Gasteiger partial charge in [-0.2, -0.15) is 26.3 Å². The molecule has 2 fully saturated rings. The van der Waals surface area contributed by atoms with Gasteiger partial charge in [-0.1, -0.05) is 48.0 Å². The van der Waals surface area contributed by atoms with Crippen molar-refractivity contribution in [3.8, 4) is 0 Å². The lowest BCUT2D eigenvalue weighted by atomic mass is 9.71. The fourth-order valence-electron chi connectivity index (χ4n) is 5.80. The molecule has 2 amide bonds. The van der Waals surface area contributed by atoms with Crippen LogP contribution in [0.25, 0.3) is 0 Å². The Labute approximate surface area is 240 Å². The zero-order chi connectivity index (χ0) is 30.6. The van der Waals surface area contributed by atoms with Crippen LogP contribution in [-0.4, -0.2) is 35.8 Å². The van der Waals surface area contributed by atoms with Gasteiger partial charge >= 0.3 is 18.3 Å². The van der Waals surface area contributed by atoms with E-state index < -0.39 is 64.7 Å². The quantitative estimate of drug-likeness (QED) is 0.232. The lowest BCUT2D eigenvalue weighted by molar-refractivity contribution is -0.148. The van der Waals surface area contributed by atoms with E-state index in [4.69, 9.17) is 16.3 Å². The van der Waals surface area contributed by atoms with Crippen molar-refractivity contribution in [1.29, 1.82) is 0 Å². The highest BCUT2D eigenvalue weighted by molar-refractivity contribution is 6.30. The molecule has 0 aliphatic carbocycles. The highest BCUT2D eigenvalue weighted by Crippen LogP contribution is 2.53. The van der Waals surface area contributed by atoms with Gasteiger partial charge in [0, 0.05) is 5.02 Å². The number of carbonyl (C=O) groups excluding carboxylic acids is 3. The Hall–Kier alpha value is -3.90. The maximum absolute atomic E-state index is 14.1. The normalized spacial score (nSPS) is 21.9. The average Bonchev–Trinajstić information content (AvgIpc) is 3.43. The number of likely N-dealkylation sites (tertiary alicyclic amines) is 1. The van der Waals surface area contributed by atoms with Gasteiger partial charge in [0.05, 0.1) is 42.2 Å². The van der Waals surface area contributed by atoms with E-state index in [1.165, 1.54) is 24.3 Å². The number of esters is 1. The van der Waals surface area contributed by atoms with E-state index >= 15 is 0 Å². The van der Waals surface area contributed by atoms with Crippen molar-refractivity contribution >= 4 is 29.4 Å². The molecule has 2 aliphatic heterocycles. The molecule has 3 atom stereocenters. The van der Waals surface area contributed by atoms with E-state index in [0.717, 1.165) is 36.3 Å². The predicted molar refractivity (Wildman–Crippen MR) is 137 cm³/mol. The summed E-state index contributed by atoms with van der Waals surface area (Å²) in [6, 6.07) is 12.0. The molecule has 2 heterocycles. The number of hydrogen-bond acceptors (Lipinski definition) is 5. The average molecular weight is 611 g/mol. The molecule has 42 heavy (non-hydrogen) atoms. The number of amides is 2. The van der Waals surface area contributed by atoms with Gasteiger partial charge in [0.15, 0.2) is 0 Å². The summed E-state index contributed by atoms with van der Waals surface area (Å²) in [5.41, 5.74) is -4.47. The van der Waals surface area contributed by atoms with Crippen LogP contribution in [0, 0.1) is 11.8 Å². The van der Waals surface area contributed by atoms with Crippen LogP contribution in [0.4, 0.5) is 26.3 Å². The maximum Gasteiger partial charge on any atom is 0.416 e. The fourth-order valence-corrected chi connectivity index (χ4v) is 5.93. The van der Waals surface area contributed by atoms with Gasteiger partial charge in [-0.25, -0.2) is 0 Å². The molecule has 0 unspecified atom stereocenters. The van der Waals surface area contributed by atoms with Gasteiger partial charge in [-0.05, 0) is 53.1 Å². The molecule has 0 bridgehead atoms. The number of hydrogen-bond donors (Lipinski definition) is 1. The molecule has 220 valence electrons. The summed E-state index contributed by atoms with van der Waals surface area (Å²) >= 11 is 5.93. The largest absolute Gasteiger partial charge is 0.468 e. The smallest absolute Gasteiger partial charge is 0.416 e. The summed E-state index contributed by atoms with van der Waals surface area (Å²) in [7, 11) is 1.01. The number of rotatable bonds is 5. The van der Waals surface area contributed by atoms with Gasteiger partial charge in [-0.3, -0.25) is 24.6 Å². The van der Waals surface area contributed by atoms with Crippen LogP contribution in [0.1, 0.15) is 27.8 Å². The first-order valence-electron chi connectivity index (χ1n) is 12.5. The first kappa shape index (κ1) is 29.6. The van der Waals surface area contributed by atoms with E-state index in [2.05, 4.69) is 5.32 Å². The van der Waals surface area contributed by atoms with Crippen LogP contribution in [0.3, 0.4) is 0 Å². The highest BCUT2D eigenvalue weighted by atomic mass is 35.5. The number of methoxy groups -OCH3 is 1.